The molecule has 3 heterocycles. The second-order valence-electron chi connectivity index (χ2n) is 8.57. The van der Waals surface area contributed by atoms with Crippen molar-refractivity contribution in [2.24, 2.45) is 5.92 Å². The van der Waals surface area contributed by atoms with Crippen molar-refractivity contribution in [3.63, 3.8) is 0 Å². The molecule has 1 aliphatic heterocycles. The summed E-state index contributed by atoms with van der Waals surface area (Å²) in [6.07, 6.45) is 3.10. The number of fused-ring (bicyclic) bond motifs is 1. The fraction of sp³-hybridized carbons (Fsp3) is 0.524. The van der Waals surface area contributed by atoms with Gasteiger partial charge in [0.1, 0.15) is 11.3 Å². The maximum absolute atomic E-state index is 11.8. The van der Waals surface area contributed by atoms with E-state index >= 15 is 0 Å². The number of hydrogen-bond acceptors (Lipinski definition) is 8. The number of aliphatic hydroxyl groups is 1. The van der Waals surface area contributed by atoms with Gasteiger partial charge in [0.25, 0.3) is 0 Å². The van der Waals surface area contributed by atoms with Crippen molar-refractivity contribution in [3.8, 4) is 11.4 Å². The Bertz CT molecular complexity index is 1130. The lowest BCUT2D eigenvalue weighted by Crippen LogP contribution is -2.51. The van der Waals surface area contributed by atoms with Gasteiger partial charge in [-0.2, -0.15) is 4.98 Å². The summed E-state index contributed by atoms with van der Waals surface area (Å²) in [5, 5.41) is 17.9. The van der Waals surface area contributed by atoms with E-state index in [1.54, 1.807) is 0 Å². The highest BCUT2D eigenvalue weighted by atomic mass is 35.5. The highest BCUT2D eigenvalue weighted by Crippen LogP contribution is 2.35. The molecule has 0 aliphatic carbocycles. The van der Waals surface area contributed by atoms with E-state index in [9.17, 15) is 13.9 Å². The summed E-state index contributed by atoms with van der Waals surface area (Å²) in [5.41, 5.74) is 1.66. The van der Waals surface area contributed by atoms with Gasteiger partial charge in [-0.25, -0.2) is 8.10 Å². The van der Waals surface area contributed by atoms with Crippen LogP contribution in [0.5, 0.6) is 0 Å². The van der Waals surface area contributed by atoms with Crippen molar-refractivity contribution in [1.29, 1.82) is 0 Å². The van der Waals surface area contributed by atoms with Gasteiger partial charge in [0.05, 0.1) is 31.2 Å². The van der Waals surface area contributed by atoms with Gasteiger partial charge in [0.2, 0.25) is 12.0 Å². The third-order valence-electron chi connectivity index (χ3n) is 6.02. The fourth-order valence-electron chi connectivity index (χ4n) is 4.16. The first-order chi connectivity index (χ1) is 15.8. The quantitative estimate of drug-likeness (QED) is 0.262. The maximum atomic E-state index is 11.8. The second-order valence-corrected chi connectivity index (χ2v) is 10.4. The van der Waals surface area contributed by atoms with E-state index in [2.05, 4.69) is 20.0 Å². The van der Waals surface area contributed by atoms with Gasteiger partial charge in [-0.15, -0.1) is 0 Å². The summed E-state index contributed by atoms with van der Waals surface area (Å²) >= 11 is 4.09. The van der Waals surface area contributed by atoms with Gasteiger partial charge in [0.15, 0.2) is 0 Å². The minimum Gasteiger partial charge on any atom is -0.724 e. The number of rotatable bonds is 9. The van der Waals surface area contributed by atoms with Crippen LogP contribution in [-0.4, -0.2) is 72.9 Å². The zero-order chi connectivity index (χ0) is 23.6. The Kier molecular flexibility index (Phi) is 7.49. The molecular formula is C21H28ClN5O5S. The van der Waals surface area contributed by atoms with Crippen LogP contribution in [0, 0.1) is 5.92 Å². The minimum atomic E-state index is -2.49. The van der Waals surface area contributed by atoms with Gasteiger partial charge in [-0.05, 0) is 24.8 Å². The van der Waals surface area contributed by atoms with E-state index in [1.807, 2.05) is 24.4 Å². The van der Waals surface area contributed by atoms with E-state index in [0.29, 0.717) is 16.8 Å². The molecule has 1 saturated heterocycles. The lowest BCUT2D eigenvalue weighted by Gasteiger charge is -2.35. The van der Waals surface area contributed by atoms with Crippen molar-refractivity contribution in [3.05, 3.63) is 35.3 Å². The van der Waals surface area contributed by atoms with E-state index in [1.165, 1.54) is 14.1 Å². The molecule has 180 valence electrons. The normalized spacial score (nSPS) is 17.5. The van der Waals surface area contributed by atoms with Crippen molar-refractivity contribution < 1.29 is 27.0 Å². The maximum Gasteiger partial charge on any atom is 0.302 e. The highest BCUT2D eigenvalue weighted by Gasteiger charge is 2.36. The van der Waals surface area contributed by atoms with Crippen LogP contribution >= 0.6 is 11.6 Å². The van der Waals surface area contributed by atoms with Crippen molar-refractivity contribution in [2.45, 2.75) is 25.6 Å². The number of halogens is 1. The van der Waals surface area contributed by atoms with Crippen LogP contribution in [0.15, 0.2) is 28.9 Å². The molecule has 0 bridgehead atoms. The predicted octanol–water partition coefficient (Wildman–Crippen LogP) is 2.22. The molecular weight excluding hydrogens is 470 g/mol. The average Bonchev–Trinajstić information content (AvgIpc) is 3.40. The van der Waals surface area contributed by atoms with E-state index in [-0.39, 0.29) is 19.0 Å². The molecule has 2 N–H and O–H groups in total. The number of nitrogens with one attached hydrogen (secondary N) is 1. The summed E-state index contributed by atoms with van der Waals surface area (Å²) < 4.78 is 36.3. The van der Waals surface area contributed by atoms with Crippen LogP contribution in [0.2, 0.25) is 5.02 Å². The third kappa shape index (κ3) is 4.99. The number of benzene rings is 1. The molecule has 12 heteroatoms. The summed E-state index contributed by atoms with van der Waals surface area (Å²) in [4.78, 5) is 4.54. The zero-order valence-corrected chi connectivity index (χ0v) is 20.1. The standard InChI is InChI=1S/C21H28ClN5O5S/c1-27(2,33(29)30)20(23-8-9-28)21-24-19(25-32-21)16-13-26(12-14-6-10-31-11-7-14)18-15(16)4-3-5-17(18)22/h3-5,13-14,20,23,28H,6-12H2,1-2H3. The first-order valence-electron chi connectivity index (χ1n) is 10.8. The Morgan fingerprint density at radius 2 is 2.15 bits per heavy atom. The zero-order valence-electron chi connectivity index (χ0n) is 18.6. The van der Waals surface area contributed by atoms with Crippen molar-refractivity contribution in [1.82, 2.24) is 20.0 Å². The van der Waals surface area contributed by atoms with Crippen molar-refractivity contribution >= 4 is 33.8 Å². The van der Waals surface area contributed by atoms with Crippen LogP contribution < -0.4 is 5.32 Å². The summed E-state index contributed by atoms with van der Waals surface area (Å²) in [5.74, 6) is 0.937. The van der Waals surface area contributed by atoms with Crippen LogP contribution in [0.25, 0.3) is 22.3 Å². The van der Waals surface area contributed by atoms with E-state index in [4.69, 9.17) is 20.9 Å². The number of hydrogen-bond donors (Lipinski definition) is 2. The van der Waals surface area contributed by atoms with E-state index in [0.717, 1.165) is 49.1 Å². The Morgan fingerprint density at radius 3 is 2.85 bits per heavy atom. The number of para-hydroxylation sites is 1. The Hall–Kier alpha value is -1.86. The summed E-state index contributed by atoms with van der Waals surface area (Å²) in [6.45, 7) is 2.32. The molecule has 0 radical (unpaired) electrons. The molecule has 0 spiro atoms. The molecule has 1 aromatic carbocycles. The Balaban J connectivity index is 1.72. The Morgan fingerprint density at radius 1 is 1.39 bits per heavy atom. The molecule has 0 amide bonds. The number of ether oxygens (including phenoxy) is 1. The molecule has 1 aliphatic rings. The van der Waals surface area contributed by atoms with Crippen LogP contribution in [0.1, 0.15) is 24.9 Å². The van der Waals surface area contributed by atoms with Gasteiger partial charge in [-0.3, -0.25) is 5.32 Å². The molecule has 2 unspecified atom stereocenters. The molecule has 10 nitrogen and oxygen atoms in total. The highest BCUT2D eigenvalue weighted by molar-refractivity contribution is 7.73. The first kappa shape index (κ1) is 24.3. The van der Waals surface area contributed by atoms with E-state index < -0.39 is 21.3 Å². The Labute approximate surface area is 199 Å². The molecule has 2 atom stereocenters. The molecule has 1 fully saturated rings. The topological polar surface area (TPSA) is 125 Å². The predicted molar refractivity (Wildman–Crippen MR) is 123 cm³/mol. The SMILES string of the molecule is C[N+](C)(C(NCCO)c1nc(-c2cn(CC3CCOCC3)c3c(Cl)cccc23)no1)S(=O)[O-]. The number of aromatic nitrogens is 3. The molecule has 2 aromatic heterocycles. The van der Waals surface area contributed by atoms with Crippen LogP contribution in [-0.2, 0) is 22.5 Å². The molecule has 0 saturated carbocycles. The largest absolute Gasteiger partial charge is 0.724 e. The lowest BCUT2D eigenvalue weighted by atomic mass is 10.0. The van der Waals surface area contributed by atoms with Crippen LogP contribution in [0.3, 0.4) is 0 Å². The number of nitrogens with zero attached hydrogens (tertiary/aromatic N) is 4. The van der Waals surface area contributed by atoms with Gasteiger partial charge >= 0.3 is 5.89 Å². The lowest BCUT2D eigenvalue weighted by molar-refractivity contribution is -0.804. The van der Waals surface area contributed by atoms with Crippen LogP contribution in [0.4, 0.5) is 0 Å². The molecule has 4 rings (SSSR count). The van der Waals surface area contributed by atoms with Crippen molar-refractivity contribution in [2.75, 3.05) is 40.5 Å². The second kappa shape index (κ2) is 10.2. The smallest absolute Gasteiger partial charge is 0.302 e. The summed E-state index contributed by atoms with van der Waals surface area (Å²) in [7, 11) is 3.00. The monoisotopic (exact) mass is 497 g/mol. The first-order valence-corrected chi connectivity index (χ1v) is 12.2. The third-order valence-corrected chi connectivity index (χ3v) is 7.30. The van der Waals surface area contributed by atoms with Gasteiger partial charge in [-0.1, -0.05) is 28.9 Å². The number of aliphatic hydroxyl groups excluding tert-OH is 1. The number of quaternary nitrogens is 1. The summed E-state index contributed by atoms with van der Waals surface area (Å²) in [6, 6.07) is 5.69. The molecule has 3 aromatic rings. The van der Waals surface area contributed by atoms with Gasteiger partial charge < -0.3 is 23.5 Å². The fourth-order valence-corrected chi connectivity index (χ4v) is 4.78. The minimum absolute atomic E-state index is 0.111. The average molecular weight is 498 g/mol. The van der Waals surface area contributed by atoms with Gasteiger partial charge in [0, 0.05) is 43.4 Å². The molecule has 33 heavy (non-hydrogen) atoms.